The number of nitrogens with one attached hydrogen (secondary N) is 3. The third-order valence-electron chi connectivity index (χ3n) is 5.21. The number of hydrogen-bond acceptors (Lipinski definition) is 4. The van der Waals surface area contributed by atoms with Crippen molar-refractivity contribution in [1.82, 2.24) is 15.2 Å². The number of benzene rings is 1. The van der Waals surface area contributed by atoms with Crippen LogP contribution in [-0.4, -0.2) is 15.2 Å². The van der Waals surface area contributed by atoms with E-state index >= 15 is 0 Å². The minimum absolute atomic E-state index is 0.0841. The van der Waals surface area contributed by atoms with Crippen molar-refractivity contribution in [3.05, 3.63) is 64.9 Å². The maximum Gasteiger partial charge on any atom is 0.170 e. The molecule has 3 N–H and O–H groups in total. The van der Waals surface area contributed by atoms with Crippen molar-refractivity contribution in [2.24, 2.45) is 0 Å². The van der Waals surface area contributed by atoms with Gasteiger partial charge in [0.15, 0.2) is 17.5 Å². The Hall–Kier alpha value is -2.96. The van der Waals surface area contributed by atoms with E-state index in [-0.39, 0.29) is 23.6 Å². The third kappa shape index (κ3) is 4.39. The highest BCUT2D eigenvalue weighted by Crippen LogP contribution is 2.40. The average Bonchev–Trinajstić information content (AvgIpc) is 3.43. The standard InChI is InChI=1S/C22H25F2N5/c1-12(2)17-10-18(24)22(26-20-11-19(28-29-20)15-4-5-15)27-21(17)25-13(3)14-6-8-16(23)9-7-14/h6-13,15H,4-5H2,1-3H3,(H3,25,26,27,28,29). The molecule has 1 saturated carbocycles. The number of aromatic nitrogens is 3. The molecule has 2 aromatic heterocycles. The zero-order valence-corrected chi connectivity index (χ0v) is 16.8. The molecule has 0 radical (unpaired) electrons. The molecule has 7 heteroatoms. The second-order valence-corrected chi connectivity index (χ2v) is 7.94. The topological polar surface area (TPSA) is 65.6 Å². The van der Waals surface area contributed by atoms with Crippen molar-refractivity contribution in [3.8, 4) is 0 Å². The quantitative estimate of drug-likeness (QED) is 0.457. The Kier molecular flexibility index (Phi) is 5.22. The van der Waals surface area contributed by atoms with E-state index in [0.717, 1.165) is 29.7 Å². The van der Waals surface area contributed by atoms with Crippen LogP contribution in [0.4, 0.5) is 26.2 Å². The Morgan fingerprint density at radius 2 is 1.76 bits per heavy atom. The molecule has 4 rings (SSSR count). The van der Waals surface area contributed by atoms with Crippen molar-refractivity contribution in [2.75, 3.05) is 10.6 Å². The van der Waals surface area contributed by atoms with Gasteiger partial charge in [0, 0.05) is 29.3 Å². The third-order valence-corrected chi connectivity index (χ3v) is 5.21. The molecule has 0 saturated heterocycles. The number of nitrogens with zero attached hydrogens (tertiary/aromatic N) is 2. The van der Waals surface area contributed by atoms with Gasteiger partial charge >= 0.3 is 0 Å². The first-order valence-corrected chi connectivity index (χ1v) is 9.95. The number of hydrogen-bond donors (Lipinski definition) is 3. The van der Waals surface area contributed by atoms with Gasteiger partial charge in [-0.25, -0.2) is 13.8 Å². The van der Waals surface area contributed by atoms with Crippen LogP contribution in [0, 0.1) is 11.6 Å². The number of pyridine rings is 1. The van der Waals surface area contributed by atoms with Crippen LogP contribution in [0.15, 0.2) is 36.4 Å². The van der Waals surface area contributed by atoms with Crippen LogP contribution in [0.25, 0.3) is 0 Å². The number of aromatic amines is 1. The Labute approximate surface area is 169 Å². The van der Waals surface area contributed by atoms with E-state index in [1.54, 1.807) is 12.1 Å². The fourth-order valence-corrected chi connectivity index (χ4v) is 3.31. The molecule has 1 aliphatic rings. The molecule has 0 spiro atoms. The van der Waals surface area contributed by atoms with Gasteiger partial charge in [-0.1, -0.05) is 26.0 Å². The summed E-state index contributed by atoms with van der Waals surface area (Å²) in [4.78, 5) is 4.52. The van der Waals surface area contributed by atoms with Gasteiger partial charge < -0.3 is 10.6 Å². The second kappa shape index (κ2) is 7.81. The summed E-state index contributed by atoms with van der Waals surface area (Å²) >= 11 is 0. The lowest BCUT2D eigenvalue weighted by molar-refractivity contribution is 0.620. The van der Waals surface area contributed by atoms with E-state index in [9.17, 15) is 8.78 Å². The predicted molar refractivity (Wildman–Crippen MR) is 111 cm³/mol. The van der Waals surface area contributed by atoms with Crippen LogP contribution in [-0.2, 0) is 0 Å². The molecule has 29 heavy (non-hydrogen) atoms. The maximum atomic E-state index is 14.7. The monoisotopic (exact) mass is 397 g/mol. The van der Waals surface area contributed by atoms with E-state index in [2.05, 4.69) is 25.8 Å². The molecule has 5 nitrogen and oxygen atoms in total. The fraction of sp³-hybridized carbons (Fsp3) is 0.364. The Bertz CT molecular complexity index is 993. The zero-order chi connectivity index (χ0) is 20.5. The van der Waals surface area contributed by atoms with E-state index < -0.39 is 5.82 Å². The molecular weight excluding hydrogens is 372 g/mol. The van der Waals surface area contributed by atoms with E-state index in [0.29, 0.717) is 17.6 Å². The van der Waals surface area contributed by atoms with Gasteiger partial charge in [-0.2, -0.15) is 5.10 Å². The molecule has 0 amide bonds. The lowest BCUT2D eigenvalue weighted by Crippen LogP contribution is -2.12. The largest absolute Gasteiger partial charge is 0.363 e. The summed E-state index contributed by atoms with van der Waals surface area (Å²) in [6.45, 7) is 5.95. The lowest BCUT2D eigenvalue weighted by Gasteiger charge is -2.20. The summed E-state index contributed by atoms with van der Waals surface area (Å²) < 4.78 is 27.9. The average molecular weight is 397 g/mol. The highest BCUT2D eigenvalue weighted by molar-refractivity contribution is 5.59. The minimum Gasteiger partial charge on any atom is -0.363 e. The van der Waals surface area contributed by atoms with Gasteiger partial charge in [0.2, 0.25) is 0 Å². The summed E-state index contributed by atoms with van der Waals surface area (Å²) in [5.74, 6) is 1.18. The van der Waals surface area contributed by atoms with Gasteiger partial charge in [-0.15, -0.1) is 0 Å². The van der Waals surface area contributed by atoms with E-state index in [1.165, 1.54) is 18.2 Å². The SMILES string of the molecule is CC(C)c1cc(F)c(Nc2cc(C3CC3)[nH]n2)nc1NC(C)c1ccc(F)cc1. The van der Waals surface area contributed by atoms with Gasteiger partial charge in [-0.3, -0.25) is 5.10 Å². The number of halogens is 2. The fourth-order valence-electron chi connectivity index (χ4n) is 3.31. The van der Waals surface area contributed by atoms with Gasteiger partial charge in [0.05, 0.1) is 0 Å². The maximum absolute atomic E-state index is 14.7. The van der Waals surface area contributed by atoms with Crippen molar-refractivity contribution >= 4 is 17.5 Å². The van der Waals surface area contributed by atoms with Crippen molar-refractivity contribution < 1.29 is 8.78 Å². The highest BCUT2D eigenvalue weighted by Gasteiger charge is 2.26. The van der Waals surface area contributed by atoms with Gasteiger partial charge in [-0.05, 0) is 49.4 Å². The Balaban J connectivity index is 1.60. The molecule has 1 fully saturated rings. The number of H-pyrrole nitrogens is 1. The second-order valence-electron chi connectivity index (χ2n) is 7.94. The summed E-state index contributed by atoms with van der Waals surface area (Å²) in [5.41, 5.74) is 2.76. The molecule has 0 bridgehead atoms. The normalized spacial score (nSPS) is 14.8. The van der Waals surface area contributed by atoms with Crippen LogP contribution >= 0.6 is 0 Å². The van der Waals surface area contributed by atoms with Crippen LogP contribution in [0.3, 0.4) is 0 Å². The molecule has 0 aliphatic heterocycles. The van der Waals surface area contributed by atoms with E-state index in [4.69, 9.17) is 0 Å². The smallest absolute Gasteiger partial charge is 0.170 e. The minimum atomic E-state index is -0.426. The van der Waals surface area contributed by atoms with Crippen molar-refractivity contribution in [3.63, 3.8) is 0 Å². The van der Waals surface area contributed by atoms with Gasteiger partial charge in [0.25, 0.3) is 0 Å². The molecule has 2 heterocycles. The van der Waals surface area contributed by atoms with Gasteiger partial charge in [0.1, 0.15) is 11.6 Å². The highest BCUT2D eigenvalue weighted by atomic mass is 19.1. The molecule has 1 atom stereocenters. The summed E-state index contributed by atoms with van der Waals surface area (Å²) in [7, 11) is 0. The Morgan fingerprint density at radius 1 is 1.03 bits per heavy atom. The summed E-state index contributed by atoms with van der Waals surface area (Å²) in [6.07, 6.45) is 2.32. The molecule has 1 unspecified atom stereocenters. The molecule has 152 valence electrons. The molecule has 3 aromatic rings. The van der Waals surface area contributed by atoms with Crippen LogP contribution in [0.2, 0.25) is 0 Å². The van der Waals surface area contributed by atoms with Crippen LogP contribution < -0.4 is 10.6 Å². The lowest BCUT2D eigenvalue weighted by atomic mass is 10.0. The first kappa shape index (κ1) is 19.4. The van der Waals surface area contributed by atoms with Crippen molar-refractivity contribution in [1.29, 1.82) is 0 Å². The molecule has 1 aliphatic carbocycles. The first-order chi connectivity index (χ1) is 13.9. The first-order valence-electron chi connectivity index (χ1n) is 9.95. The van der Waals surface area contributed by atoms with E-state index in [1.807, 2.05) is 26.8 Å². The number of anilines is 3. The van der Waals surface area contributed by atoms with Crippen LogP contribution in [0.1, 0.15) is 68.3 Å². The zero-order valence-electron chi connectivity index (χ0n) is 16.8. The number of rotatable bonds is 7. The molecule has 1 aromatic carbocycles. The molecular formula is C22H25F2N5. The summed E-state index contributed by atoms with van der Waals surface area (Å²) in [5, 5.41) is 13.6. The predicted octanol–water partition coefficient (Wildman–Crippen LogP) is 6.00. The Morgan fingerprint density at radius 3 is 2.41 bits per heavy atom. The van der Waals surface area contributed by atoms with Crippen LogP contribution in [0.5, 0.6) is 0 Å². The summed E-state index contributed by atoms with van der Waals surface area (Å²) in [6, 6.07) is 9.61. The van der Waals surface area contributed by atoms with Crippen molar-refractivity contribution in [2.45, 2.75) is 51.5 Å².